The molecule has 1 nitrogen and oxygen atoms in total. The maximum Gasteiger partial charge on any atom is 0.128 e. The molecule has 2 rings (SSSR count). The highest BCUT2D eigenvalue weighted by Crippen LogP contribution is 2.40. The third-order valence-electron chi connectivity index (χ3n) is 3.02. The Kier molecular flexibility index (Phi) is 4.87. The Labute approximate surface area is 122 Å². The summed E-state index contributed by atoms with van der Waals surface area (Å²) in [6, 6.07) is 3.11. The van der Waals surface area contributed by atoms with Gasteiger partial charge in [-0.2, -0.15) is 0 Å². The van der Waals surface area contributed by atoms with E-state index in [1.807, 2.05) is 0 Å². The lowest BCUT2D eigenvalue weighted by Crippen LogP contribution is -2.19. The zero-order valence-electron chi connectivity index (χ0n) is 9.06. The van der Waals surface area contributed by atoms with Crippen molar-refractivity contribution in [1.82, 2.24) is 0 Å². The summed E-state index contributed by atoms with van der Waals surface area (Å²) < 4.78 is 19.8. The van der Waals surface area contributed by atoms with Crippen molar-refractivity contribution >= 4 is 43.5 Å². The molecule has 0 radical (unpaired) electrons. The van der Waals surface area contributed by atoms with Gasteiger partial charge in [-0.15, -0.1) is 0 Å². The molecule has 0 N–H and O–H groups in total. The molecule has 1 fully saturated rings. The van der Waals surface area contributed by atoms with Gasteiger partial charge in [0.15, 0.2) is 0 Å². The fourth-order valence-electron chi connectivity index (χ4n) is 2.01. The number of alkyl halides is 1. The molecule has 94 valence electrons. The largest absolute Gasteiger partial charge is 0.381 e. The lowest BCUT2D eigenvalue weighted by Gasteiger charge is -2.27. The average Bonchev–Trinajstić information content (AvgIpc) is 2.34. The Hall–Kier alpha value is 0.360. The van der Waals surface area contributed by atoms with Gasteiger partial charge in [-0.05, 0) is 46.8 Å². The predicted octanol–water partition coefficient (Wildman–Crippen LogP) is 5.10. The standard InChI is InChI=1S/C12H12Br2ClFO/c13-9-6-11(16)8(5-10(9)15)12(14)7-1-3-17-4-2-7/h5-7,12H,1-4H2. The topological polar surface area (TPSA) is 9.23 Å². The van der Waals surface area contributed by atoms with E-state index in [0.717, 1.165) is 26.1 Å². The molecule has 1 aromatic rings. The summed E-state index contributed by atoms with van der Waals surface area (Å²) >= 11 is 12.8. The van der Waals surface area contributed by atoms with Crippen LogP contribution in [0.25, 0.3) is 0 Å². The van der Waals surface area contributed by atoms with Crippen molar-refractivity contribution in [2.45, 2.75) is 17.7 Å². The smallest absolute Gasteiger partial charge is 0.128 e. The van der Waals surface area contributed by atoms with Crippen LogP contribution in [0.3, 0.4) is 0 Å². The van der Waals surface area contributed by atoms with Crippen molar-refractivity contribution in [2.24, 2.45) is 5.92 Å². The molecule has 0 amide bonds. The lowest BCUT2D eigenvalue weighted by atomic mass is 9.92. The van der Waals surface area contributed by atoms with Crippen molar-refractivity contribution in [2.75, 3.05) is 13.2 Å². The van der Waals surface area contributed by atoms with Crippen molar-refractivity contribution in [3.8, 4) is 0 Å². The van der Waals surface area contributed by atoms with Gasteiger partial charge < -0.3 is 4.74 Å². The summed E-state index contributed by atoms with van der Waals surface area (Å²) in [5.74, 6) is 0.171. The van der Waals surface area contributed by atoms with Gasteiger partial charge in [0, 0.05) is 28.1 Å². The number of rotatable bonds is 2. The molecule has 1 unspecified atom stereocenters. The minimum Gasteiger partial charge on any atom is -0.381 e. The third-order valence-corrected chi connectivity index (χ3v) is 5.45. The van der Waals surface area contributed by atoms with Crippen LogP contribution in [0.2, 0.25) is 5.02 Å². The summed E-state index contributed by atoms with van der Waals surface area (Å²) in [7, 11) is 0. The van der Waals surface area contributed by atoms with Crippen LogP contribution < -0.4 is 0 Å². The predicted molar refractivity (Wildman–Crippen MR) is 74.3 cm³/mol. The van der Waals surface area contributed by atoms with Gasteiger partial charge in [-0.1, -0.05) is 27.5 Å². The SMILES string of the molecule is Fc1cc(Br)c(Cl)cc1C(Br)C1CCOCC1. The van der Waals surface area contributed by atoms with Crippen LogP contribution in [0.5, 0.6) is 0 Å². The van der Waals surface area contributed by atoms with E-state index in [9.17, 15) is 4.39 Å². The van der Waals surface area contributed by atoms with Crippen molar-refractivity contribution < 1.29 is 9.13 Å². The molecule has 1 aromatic carbocycles. The van der Waals surface area contributed by atoms with E-state index in [-0.39, 0.29) is 10.6 Å². The average molecular weight is 386 g/mol. The summed E-state index contributed by atoms with van der Waals surface area (Å²) in [6.07, 6.45) is 1.89. The van der Waals surface area contributed by atoms with Crippen LogP contribution in [-0.4, -0.2) is 13.2 Å². The minimum absolute atomic E-state index is 0.00278. The molecule has 0 bridgehead atoms. The second-order valence-corrected chi connectivity index (χ2v) is 6.39. The van der Waals surface area contributed by atoms with Crippen molar-refractivity contribution in [3.63, 3.8) is 0 Å². The van der Waals surface area contributed by atoms with Crippen LogP contribution >= 0.6 is 43.5 Å². The van der Waals surface area contributed by atoms with Gasteiger partial charge in [0.2, 0.25) is 0 Å². The lowest BCUT2D eigenvalue weighted by molar-refractivity contribution is 0.0659. The Balaban J connectivity index is 2.23. The maximum absolute atomic E-state index is 13.9. The Morgan fingerprint density at radius 3 is 2.65 bits per heavy atom. The van der Waals surface area contributed by atoms with Gasteiger partial charge in [-0.3, -0.25) is 0 Å². The van der Waals surface area contributed by atoms with Crippen molar-refractivity contribution in [3.05, 3.63) is 33.0 Å². The summed E-state index contributed by atoms with van der Waals surface area (Å²) in [6.45, 7) is 1.50. The molecule has 1 aliphatic heterocycles. The second-order valence-electron chi connectivity index (χ2n) is 4.14. The summed E-state index contributed by atoms with van der Waals surface area (Å²) in [5.41, 5.74) is 0.630. The molecule has 0 spiro atoms. The zero-order chi connectivity index (χ0) is 12.4. The van der Waals surface area contributed by atoms with E-state index in [4.69, 9.17) is 16.3 Å². The number of hydrogen-bond donors (Lipinski definition) is 0. The minimum atomic E-state index is -0.227. The van der Waals surface area contributed by atoms with Gasteiger partial charge in [0.1, 0.15) is 5.82 Å². The normalized spacial score (nSPS) is 19.3. The number of benzene rings is 1. The van der Waals surface area contributed by atoms with Crippen LogP contribution in [0.4, 0.5) is 4.39 Å². The molecule has 1 heterocycles. The summed E-state index contributed by atoms with van der Waals surface area (Å²) in [5, 5.41) is 0.540. The van der Waals surface area contributed by atoms with E-state index in [0.29, 0.717) is 21.0 Å². The molecule has 0 aromatic heterocycles. The van der Waals surface area contributed by atoms with E-state index in [2.05, 4.69) is 31.9 Å². The van der Waals surface area contributed by atoms with E-state index < -0.39 is 0 Å². The number of hydrogen-bond acceptors (Lipinski definition) is 1. The molecular weight excluding hydrogens is 374 g/mol. The number of ether oxygens (including phenoxy) is 1. The maximum atomic E-state index is 13.9. The Morgan fingerprint density at radius 2 is 2.00 bits per heavy atom. The quantitative estimate of drug-likeness (QED) is 0.507. The third kappa shape index (κ3) is 3.22. The van der Waals surface area contributed by atoms with Gasteiger partial charge >= 0.3 is 0 Å². The molecule has 0 aliphatic carbocycles. The van der Waals surface area contributed by atoms with E-state index >= 15 is 0 Å². The van der Waals surface area contributed by atoms with Gasteiger partial charge in [0.25, 0.3) is 0 Å². The molecule has 1 aliphatic rings. The second kappa shape index (κ2) is 6.00. The first kappa shape index (κ1) is 13.8. The van der Waals surface area contributed by atoms with Crippen LogP contribution in [0.1, 0.15) is 23.2 Å². The first-order valence-electron chi connectivity index (χ1n) is 5.46. The fourth-order valence-corrected chi connectivity index (χ4v) is 3.38. The molecule has 1 atom stereocenters. The molecule has 17 heavy (non-hydrogen) atoms. The first-order valence-corrected chi connectivity index (χ1v) is 7.54. The highest BCUT2D eigenvalue weighted by Gasteiger charge is 2.26. The van der Waals surface area contributed by atoms with E-state index in [1.165, 1.54) is 6.07 Å². The fraction of sp³-hybridized carbons (Fsp3) is 0.500. The van der Waals surface area contributed by atoms with Crippen LogP contribution in [0.15, 0.2) is 16.6 Å². The molecular formula is C12H12Br2ClFO. The highest BCUT2D eigenvalue weighted by atomic mass is 79.9. The summed E-state index contributed by atoms with van der Waals surface area (Å²) in [4.78, 5) is -0.00278. The van der Waals surface area contributed by atoms with Crippen LogP contribution in [0, 0.1) is 11.7 Å². The number of halogens is 4. The Bertz CT molecular complexity index is 408. The zero-order valence-corrected chi connectivity index (χ0v) is 13.0. The van der Waals surface area contributed by atoms with E-state index in [1.54, 1.807) is 6.07 Å². The van der Waals surface area contributed by atoms with Gasteiger partial charge in [0.05, 0.1) is 5.02 Å². The highest BCUT2D eigenvalue weighted by molar-refractivity contribution is 9.10. The van der Waals surface area contributed by atoms with Crippen molar-refractivity contribution in [1.29, 1.82) is 0 Å². The Morgan fingerprint density at radius 1 is 1.35 bits per heavy atom. The molecule has 0 saturated carbocycles. The molecule has 1 saturated heterocycles. The monoisotopic (exact) mass is 384 g/mol. The van der Waals surface area contributed by atoms with Gasteiger partial charge in [-0.25, -0.2) is 4.39 Å². The van der Waals surface area contributed by atoms with Crippen LogP contribution in [-0.2, 0) is 4.74 Å². The molecule has 5 heteroatoms. The first-order chi connectivity index (χ1) is 8.09.